The Hall–Kier alpha value is -2.00. The first kappa shape index (κ1) is 14.6. The van der Waals surface area contributed by atoms with Crippen molar-refractivity contribution < 1.29 is 4.74 Å². The minimum absolute atomic E-state index is 0.390. The molecule has 0 saturated carbocycles. The van der Waals surface area contributed by atoms with Gasteiger partial charge in [0.25, 0.3) is 0 Å². The Kier molecular flexibility index (Phi) is 3.74. The van der Waals surface area contributed by atoms with Crippen LogP contribution in [0.1, 0.15) is 23.5 Å². The highest BCUT2D eigenvalue weighted by molar-refractivity contribution is 6.30. The predicted molar refractivity (Wildman–Crippen MR) is 94.8 cm³/mol. The van der Waals surface area contributed by atoms with E-state index in [4.69, 9.17) is 16.3 Å². The number of nitrogens with one attached hydrogen (secondary N) is 1. The molecule has 1 N–H and O–H groups in total. The lowest BCUT2D eigenvalue weighted by Gasteiger charge is -2.16. The fourth-order valence-corrected chi connectivity index (χ4v) is 3.72. The molecule has 23 heavy (non-hydrogen) atoms. The van der Waals surface area contributed by atoms with Gasteiger partial charge in [-0.15, -0.1) is 0 Å². The third-order valence-corrected chi connectivity index (χ3v) is 4.98. The zero-order valence-corrected chi connectivity index (χ0v) is 13.9. The maximum absolute atomic E-state index is 6.01. The van der Waals surface area contributed by atoms with Crippen LogP contribution in [0.25, 0.3) is 11.1 Å². The summed E-state index contributed by atoms with van der Waals surface area (Å²) in [4.78, 5) is 4.61. The molecule has 1 aliphatic heterocycles. The maximum atomic E-state index is 6.01. The summed E-state index contributed by atoms with van der Waals surface area (Å²) in [6.07, 6.45) is 2.21. The lowest BCUT2D eigenvalue weighted by atomic mass is 9.95. The van der Waals surface area contributed by atoms with Crippen molar-refractivity contribution in [3.05, 3.63) is 52.5 Å². The van der Waals surface area contributed by atoms with Crippen molar-refractivity contribution in [2.75, 3.05) is 20.2 Å². The fourth-order valence-electron chi connectivity index (χ4n) is 3.59. The first-order valence-corrected chi connectivity index (χ1v) is 8.39. The van der Waals surface area contributed by atoms with Gasteiger partial charge in [0.2, 0.25) is 0 Å². The fraction of sp³-hybridized carbons (Fsp3) is 0.316. The number of ether oxygens (including phenoxy) is 1. The Morgan fingerprint density at radius 2 is 2.04 bits per heavy atom. The summed E-state index contributed by atoms with van der Waals surface area (Å²) in [5.74, 6) is 2.45. The van der Waals surface area contributed by atoms with E-state index in [0.29, 0.717) is 5.92 Å². The van der Waals surface area contributed by atoms with Gasteiger partial charge in [-0.25, -0.2) is 0 Å². The van der Waals surface area contributed by atoms with Gasteiger partial charge in [-0.05, 0) is 53.8 Å². The summed E-state index contributed by atoms with van der Waals surface area (Å²) in [5.41, 5.74) is 5.02. The molecule has 0 saturated heterocycles. The normalized spacial score (nSPS) is 19.2. The van der Waals surface area contributed by atoms with Crippen LogP contribution in [0.2, 0.25) is 5.02 Å². The molecule has 3 nitrogen and oxygen atoms in total. The van der Waals surface area contributed by atoms with Crippen molar-refractivity contribution in [1.29, 1.82) is 0 Å². The van der Waals surface area contributed by atoms with E-state index in [1.54, 1.807) is 7.11 Å². The molecular weight excluding hydrogens is 308 g/mol. The molecule has 0 spiro atoms. The molecular formula is C19H19ClN2O. The van der Waals surface area contributed by atoms with Crippen molar-refractivity contribution in [2.45, 2.75) is 18.8 Å². The van der Waals surface area contributed by atoms with Gasteiger partial charge in [-0.2, -0.15) is 0 Å². The SMILES string of the molecule is COc1cc2c(cc1-c1ccc(Cl)cc1)CCC2C1=NCCN1. The second-order valence-corrected chi connectivity index (χ2v) is 6.48. The lowest BCUT2D eigenvalue weighted by molar-refractivity contribution is 0.416. The van der Waals surface area contributed by atoms with Crippen molar-refractivity contribution in [3.63, 3.8) is 0 Å². The molecule has 1 unspecified atom stereocenters. The Morgan fingerprint density at radius 3 is 2.74 bits per heavy atom. The van der Waals surface area contributed by atoms with Crippen LogP contribution in [0.3, 0.4) is 0 Å². The van der Waals surface area contributed by atoms with Crippen LogP contribution < -0.4 is 10.1 Å². The van der Waals surface area contributed by atoms with E-state index in [2.05, 4.69) is 22.4 Å². The number of fused-ring (bicyclic) bond motifs is 1. The Morgan fingerprint density at radius 1 is 1.22 bits per heavy atom. The highest BCUT2D eigenvalue weighted by Gasteiger charge is 2.29. The van der Waals surface area contributed by atoms with Gasteiger partial charge >= 0.3 is 0 Å². The lowest BCUT2D eigenvalue weighted by Crippen LogP contribution is -2.24. The first-order chi connectivity index (χ1) is 11.3. The first-order valence-electron chi connectivity index (χ1n) is 8.01. The standard InChI is InChI=1S/C19H19ClN2O/c1-23-18-11-16-13(4-7-15(16)19-21-8-9-22-19)10-17(18)12-2-5-14(20)6-3-12/h2-3,5-6,10-11,15H,4,7-9H2,1H3,(H,21,22). The van der Waals surface area contributed by atoms with E-state index < -0.39 is 0 Å². The minimum Gasteiger partial charge on any atom is -0.496 e. The molecule has 0 aromatic heterocycles. The smallest absolute Gasteiger partial charge is 0.127 e. The summed E-state index contributed by atoms with van der Waals surface area (Å²) in [5, 5.41) is 4.17. The Balaban J connectivity index is 1.77. The highest BCUT2D eigenvalue weighted by Crippen LogP contribution is 2.41. The predicted octanol–water partition coefficient (Wildman–Crippen LogP) is 4.05. The Bertz CT molecular complexity index is 768. The van der Waals surface area contributed by atoms with Gasteiger partial charge in [0.15, 0.2) is 0 Å². The van der Waals surface area contributed by atoms with Crippen LogP contribution in [0, 0.1) is 0 Å². The molecule has 0 fully saturated rings. The van der Waals surface area contributed by atoms with E-state index in [1.807, 2.05) is 24.3 Å². The molecule has 1 heterocycles. The minimum atomic E-state index is 0.390. The summed E-state index contributed by atoms with van der Waals surface area (Å²) < 4.78 is 5.67. The second-order valence-electron chi connectivity index (χ2n) is 6.04. The zero-order chi connectivity index (χ0) is 15.8. The van der Waals surface area contributed by atoms with Gasteiger partial charge in [-0.1, -0.05) is 23.7 Å². The van der Waals surface area contributed by atoms with Crippen molar-refractivity contribution in [2.24, 2.45) is 4.99 Å². The number of methoxy groups -OCH3 is 1. The Labute approximate surface area is 141 Å². The summed E-state index contributed by atoms with van der Waals surface area (Å²) >= 11 is 6.01. The van der Waals surface area contributed by atoms with Gasteiger partial charge in [0.05, 0.1) is 13.7 Å². The third-order valence-electron chi connectivity index (χ3n) is 4.72. The third kappa shape index (κ3) is 2.59. The molecule has 1 atom stereocenters. The van der Waals surface area contributed by atoms with Crippen LogP contribution in [0.15, 0.2) is 41.4 Å². The van der Waals surface area contributed by atoms with E-state index in [1.165, 1.54) is 11.1 Å². The average Bonchev–Trinajstić information content (AvgIpc) is 3.23. The quantitative estimate of drug-likeness (QED) is 0.923. The van der Waals surface area contributed by atoms with Gasteiger partial charge in [0.1, 0.15) is 11.6 Å². The molecule has 0 amide bonds. The largest absolute Gasteiger partial charge is 0.496 e. The number of rotatable bonds is 3. The second kappa shape index (κ2) is 5.89. The van der Waals surface area contributed by atoms with Gasteiger partial charge in [0, 0.05) is 23.0 Å². The van der Waals surface area contributed by atoms with Gasteiger partial charge < -0.3 is 10.1 Å². The number of halogens is 1. The molecule has 2 aromatic carbocycles. The number of hydrogen-bond donors (Lipinski definition) is 1. The van der Waals surface area contributed by atoms with Crippen LogP contribution in [-0.2, 0) is 6.42 Å². The molecule has 4 heteroatoms. The van der Waals surface area contributed by atoms with Crippen LogP contribution in [0.4, 0.5) is 0 Å². The van der Waals surface area contributed by atoms with E-state index in [-0.39, 0.29) is 0 Å². The van der Waals surface area contributed by atoms with Crippen molar-refractivity contribution in [1.82, 2.24) is 5.32 Å². The molecule has 0 radical (unpaired) electrons. The molecule has 1 aliphatic carbocycles. The molecule has 2 aliphatic rings. The molecule has 2 aromatic rings. The highest BCUT2D eigenvalue weighted by atomic mass is 35.5. The molecule has 4 rings (SSSR count). The maximum Gasteiger partial charge on any atom is 0.127 e. The molecule has 0 bridgehead atoms. The van der Waals surface area contributed by atoms with Crippen LogP contribution in [-0.4, -0.2) is 26.0 Å². The van der Waals surface area contributed by atoms with E-state index in [9.17, 15) is 0 Å². The van der Waals surface area contributed by atoms with E-state index >= 15 is 0 Å². The number of hydrogen-bond acceptors (Lipinski definition) is 3. The van der Waals surface area contributed by atoms with Gasteiger partial charge in [-0.3, -0.25) is 4.99 Å². The average molecular weight is 327 g/mol. The summed E-state index contributed by atoms with van der Waals surface area (Å²) in [7, 11) is 1.73. The monoisotopic (exact) mass is 326 g/mol. The summed E-state index contributed by atoms with van der Waals surface area (Å²) in [6, 6.07) is 12.4. The number of nitrogens with zero attached hydrogens (tertiary/aromatic N) is 1. The van der Waals surface area contributed by atoms with Crippen molar-refractivity contribution in [3.8, 4) is 16.9 Å². The number of aryl methyl sites for hydroxylation is 1. The van der Waals surface area contributed by atoms with E-state index in [0.717, 1.165) is 53.7 Å². The number of benzene rings is 2. The number of aliphatic imine (C=N–C) groups is 1. The summed E-state index contributed by atoms with van der Waals surface area (Å²) in [6.45, 7) is 1.85. The van der Waals surface area contributed by atoms with Crippen LogP contribution in [0.5, 0.6) is 5.75 Å². The topological polar surface area (TPSA) is 33.6 Å². The van der Waals surface area contributed by atoms with Crippen LogP contribution >= 0.6 is 11.6 Å². The number of amidine groups is 1. The zero-order valence-electron chi connectivity index (χ0n) is 13.1. The van der Waals surface area contributed by atoms with Crippen molar-refractivity contribution >= 4 is 17.4 Å². The molecule has 118 valence electrons.